The number of fused-ring (bicyclic) bond motifs is 1. The van der Waals surface area contributed by atoms with Crippen LogP contribution in [0, 0.1) is 0 Å². The van der Waals surface area contributed by atoms with Gasteiger partial charge >= 0.3 is 5.97 Å². The number of carboxylic acid groups (broad SMARTS) is 1. The average Bonchev–Trinajstić information content (AvgIpc) is 2.41. The Kier molecular flexibility index (Phi) is 4.42. The molecule has 1 aromatic carbocycles. The van der Waals surface area contributed by atoms with Gasteiger partial charge in [0, 0.05) is 6.04 Å². The summed E-state index contributed by atoms with van der Waals surface area (Å²) in [4.78, 5) is 35.7. The van der Waals surface area contributed by atoms with Gasteiger partial charge in [0.25, 0.3) is 5.91 Å². The third-order valence-corrected chi connectivity index (χ3v) is 3.00. The van der Waals surface area contributed by atoms with E-state index in [9.17, 15) is 14.4 Å². The topological polar surface area (TPSA) is 95.9 Å². The highest BCUT2D eigenvalue weighted by atomic mass is 16.5. The fourth-order valence-electron chi connectivity index (χ4n) is 2.10. The number of ether oxygens (including phenoxy) is 1. The second-order valence-corrected chi connectivity index (χ2v) is 4.80. The molecule has 2 rings (SSSR count). The van der Waals surface area contributed by atoms with Crippen molar-refractivity contribution >= 4 is 23.5 Å². The molecule has 21 heavy (non-hydrogen) atoms. The zero-order valence-corrected chi connectivity index (χ0v) is 11.5. The third-order valence-electron chi connectivity index (χ3n) is 3.00. The highest BCUT2D eigenvalue weighted by molar-refractivity contribution is 6.02. The fourth-order valence-corrected chi connectivity index (χ4v) is 2.10. The van der Waals surface area contributed by atoms with Gasteiger partial charge in [-0.05, 0) is 19.1 Å². The van der Waals surface area contributed by atoms with Gasteiger partial charge < -0.3 is 15.2 Å². The summed E-state index contributed by atoms with van der Waals surface area (Å²) in [5.41, 5.74) is 0.537. The minimum Gasteiger partial charge on any atom is -0.482 e. The fraction of sp³-hybridized carbons (Fsp3) is 0.357. The number of rotatable bonds is 5. The molecule has 1 aliphatic rings. The van der Waals surface area contributed by atoms with E-state index in [1.54, 1.807) is 31.2 Å². The van der Waals surface area contributed by atoms with Crippen molar-refractivity contribution in [3.05, 3.63) is 24.3 Å². The van der Waals surface area contributed by atoms with Crippen LogP contribution in [0.15, 0.2) is 24.3 Å². The Morgan fingerprint density at radius 2 is 2.14 bits per heavy atom. The molecule has 1 aliphatic heterocycles. The largest absolute Gasteiger partial charge is 0.482 e. The Labute approximate surface area is 121 Å². The van der Waals surface area contributed by atoms with Crippen LogP contribution >= 0.6 is 0 Å². The monoisotopic (exact) mass is 292 g/mol. The lowest BCUT2D eigenvalue weighted by Gasteiger charge is -2.29. The molecule has 0 saturated heterocycles. The van der Waals surface area contributed by atoms with E-state index >= 15 is 0 Å². The molecule has 0 saturated carbocycles. The number of carbonyl (C=O) groups is 3. The molecule has 0 fully saturated rings. The summed E-state index contributed by atoms with van der Waals surface area (Å²) < 4.78 is 5.28. The van der Waals surface area contributed by atoms with Crippen molar-refractivity contribution in [3.63, 3.8) is 0 Å². The number of benzene rings is 1. The van der Waals surface area contributed by atoms with E-state index in [-0.39, 0.29) is 25.5 Å². The van der Waals surface area contributed by atoms with Crippen LogP contribution in [0.25, 0.3) is 0 Å². The summed E-state index contributed by atoms with van der Waals surface area (Å²) in [6.45, 7) is 1.32. The molecule has 1 atom stereocenters. The van der Waals surface area contributed by atoms with Gasteiger partial charge in [-0.15, -0.1) is 0 Å². The summed E-state index contributed by atoms with van der Waals surface area (Å²) in [6, 6.07) is 6.45. The quantitative estimate of drug-likeness (QED) is 0.818. The Balaban J connectivity index is 2.03. The third kappa shape index (κ3) is 3.71. The van der Waals surface area contributed by atoms with Crippen molar-refractivity contribution < 1.29 is 24.2 Å². The molecule has 0 bridgehead atoms. The van der Waals surface area contributed by atoms with E-state index in [2.05, 4.69) is 5.32 Å². The predicted molar refractivity (Wildman–Crippen MR) is 74.1 cm³/mol. The second-order valence-electron chi connectivity index (χ2n) is 4.80. The van der Waals surface area contributed by atoms with Gasteiger partial charge in [-0.1, -0.05) is 12.1 Å². The molecule has 1 aromatic rings. The first kappa shape index (κ1) is 14.8. The molecule has 7 nitrogen and oxygen atoms in total. The standard InChI is InChI=1S/C14H16N2O5/c1-9(6-14(19)20)15-12(17)7-16-10-4-2-3-5-11(10)21-8-13(16)18/h2-5,9H,6-8H2,1H3,(H,15,17)(H,19,20). The molecule has 2 amide bonds. The Morgan fingerprint density at radius 3 is 2.86 bits per heavy atom. The van der Waals surface area contributed by atoms with Crippen LogP contribution in [0.1, 0.15) is 13.3 Å². The molecule has 0 aromatic heterocycles. The molecule has 0 radical (unpaired) electrons. The van der Waals surface area contributed by atoms with E-state index in [0.717, 1.165) is 0 Å². The zero-order chi connectivity index (χ0) is 15.4. The van der Waals surface area contributed by atoms with Crippen molar-refractivity contribution in [1.29, 1.82) is 0 Å². The Hall–Kier alpha value is -2.57. The Bertz CT molecular complexity index is 572. The van der Waals surface area contributed by atoms with Crippen molar-refractivity contribution in [1.82, 2.24) is 5.32 Å². The number of anilines is 1. The molecule has 112 valence electrons. The number of nitrogens with zero attached hydrogens (tertiary/aromatic N) is 1. The molecular weight excluding hydrogens is 276 g/mol. The van der Waals surface area contributed by atoms with E-state index in [1.807, 2.05) is 0 Å². The summed E-state index contributed by atoms with van der Waals surface area (Å²) in [5, 5.41) is 11.2. The second kappa shape index (κ2) is 6.25. The van der Waals surface area contributed by atoms with Gasteiger partial charge in [-0.3, -0.25) is 19.3 Å². The number of amides is 2. The van der Waals surface area contributed by atoms with Crippen LogP contribution in [-0.2, 0) is 14.4 Å². The number of nitrogens with one attached hydrogen (secondary N) is 1. The van der Waals surface area contributed by atoms with E-state index < -0.39 is 17.9 Å². The molecule has 1 heterocycles. The smallest absolute Gasteiger partial charge is 0.305 e. The van der Waals surface area contributed by atoms with Crippen LogP contribution in [-0.4, -0.2) is 42.1 Å². The van der Waals surface area contributed by atoms with Gasteiger partial charge in [-0.25, -0.2) is 0 Å². The van der Waals surface area contributed by atoms with Crippen LogP contribution in [0.3, 0.4) is 0 Å². The summed E-state index contributed by atoms with van der Waals surface area (Å²) in [7, 11) is 0. The van der Waals surface area contributed by atoms with Gasteiger partial charge in [0.05, 0.1) is 12.1 Å². The van der Waals surface area contributed by atoms with Crippen molar-refractivity contribution in [2.75, 3.05) is 18.1 Å². The number of carbonyl (C=O) groups excluding carboxylic acids is 2. The first-order valence-corrected chi connectivity index (χ1v) is 6.50. The maximum Gasteiger partial charge on any atom is 0.305 e. The lowest BCUT2D eigenvalue weighted by Crippen LogP contribution is -2.47. The molecule has 0 spiro atoms. The summed E-state index contributed by atoms with van der Waals surface area (Å²) in [6.07, 6.45) is -0.167. The zero-order valence-electron chi connectivity index (χ0n) is 11.5. The summed E-state index contributed by atoms with van der Waals surface area (Å²) in [5.74, 6) is -1.16. The first-order valence-electron chi connectivity index (χ1n) is 6.50. The number of hydrogen-bond donors (Lipinski definition) is 2. The Morgan fingerprint density at radius 1 is 1.43 bits per heavy atom. The van der Waals surface area contributed by atoms with Crippen LogP contribution in [0.5, 0.6) is 5.75 Å². The lowest BCUT2D eigenvalue weighted by molar-refractivity contribution is -0.137. The van der Waals surface area contributed by atoms with Gasteiger partial charge in [0.2, 0.25) is 5.91 Å². The number of aliphatic carboxylic acids is 1. The van der Waals surface area contributed by atoms with Crippen molar-refractivity contribution in [2.45, 2.75) is 19.4 Å². The van der Waals surface area contributed by atoms with Crippen molar-refractivity contribution in [3.8, 4) is 5.75 Å². The number of carboxylic acids is 1. The van der Waals surface area contributed by atoms with Gasteiger partial charge in [0.1, 0.15) is 12.3 Å². The van der Waals surface area contributed by atoms with Crippen LogP contribution in [0.2, 0.25) is 0 Å². The minimum atomic E-state index is -0.990. The molecular formula is C14H16N2O5. The maximum absolute atomic E-state index is 11.9. The van der Waals surface area contributed by atoms with E-state index in [1.165, 1.54) is 4.90 Å². The van der Waals surface area contributed by atoms with Gasteiger partial charge in [0.15, 0.2) is 6.61 Å². The van der Waals surface area contributed by atoms with Crippen LogP contribution in [0.4, 0.5) is 5.69 Å². The maximum atomic E-state index is 11.9. The first-order chi connectivity index (χ1) is 9.97. The van der Waals surface area contributed by atoms with Crippen LogP contribution < -0.4 is 15.0 Å². The summed E-state index contributed by atoms with van der Waals surface area (Å²) >= 11 is 0. The molecule has 7 heteroatoms. The molecule has 1 unspecified atom stereocenters. The predicted octanol–water partition coefficient (Wildman–Crippen LogP) is 0.391. The van der Waals surface area contributed by atoms with E-state index in [0.29, 0.717) is 11.4 Å². The number of hydrogen-bond acceptors (Lipinski definition) is 4. The normalized spacial score (nSPS) is 14.9. The number of para-hydroxylation sites is 2. The minimum absolute atomic E-state index is 0.116. The SMILES string of the molecule is CC(CC(=O)O)NC(=O)CN1C(=O)COc2ccccc21. The van der Waals surface area contributed by atoms with Gasteiger partial charge in [-0.2, -0.15) is 0 Å². The highest BCUT2D eigenvalue weighted by Gasteiger charge is 2.27. The van der Waals surface area contributed by atoms with Crippen molar-refractivity contribution in [2.24, 2.45) is 0 Å². The van der Waals surface area contributed by atoms with E-state index in [4.69, 9.17) is 9.84 Å². The molecule has 2 N–H and O–H groups in total. The lowest BCUT2D eigenvalue weighted by atomic mass is 10.2. The average molecular weight is 292 g/mol. The highest BCUT2D eigenvalue weighted by Crippen LogP contribution is 2.31. The molecule has 0 aliphatic carbocycles.